The lowest BCUT2D eigenvalue weighted by molar-refractivity contribution is -0.149. The van der Waals surface area contributed by atoms with Crippen LogP contribution in [-0.2, 0) is 20.9 Å². The second-order valence-electron chi connectivity index (χ2n) is 7.22. The molecular formula is C21H22Cl2N4O4. The summed E-state index contributed by atoms with van der Waals surface area (Å²) in [6.45, 7) is 3.59. The quantitative estimate of drug-likeness (QED) is 0.482. The number of nitrogens with one attached hydrogen (secondary N) is 2. The van der Waals surface area contributed by atoms with Crippen LogP contribution >= 0.6 is 23.2 Å². The predicted molar refractivity (Wildman–Crippen MR) is 117 cm³/mol. The highest BCUT2D eigenvalue weighted by Gasteiger charge is 2.25. The summed E-state index contributed by atoms with van der Waals surface area (Å²) in [4.78, 5) is 35.6. The highest BCUT2D eigenvalue weighted by Crippen LogP contribution is 2.23. The molecule has 31 heavy (non-hydrogen) atoms. The number of benzene rings is 1. The zero-order chi connectivity index (χ0) is 22.5. The molecule has 1 atom stereocenters. The predicted octanol–water partition coefficient (Wildman–Crippen LogP) is 3.48. The van der Waals surface area contributed by atoms with Gasteiger partial charge in [0, 0.05) is 22.7 Å². The first-order chi connectivity index (χ1) is 14.7. The summed E-state index contributed by atoms with van der Waals surface area (Å²) in [5.41, 5.74) is 2.16. The van der Waals surface area contributed by atoms with Crippen LogP contribution in [0.2, 0.25) is 10.2 Å². The fraction of sp³-hybridized carbons (Fsp3) is 0.333. The van der Waals surface area contributed by atoms with Gasteiger partial charge in [0.25, 0.3) is 5.91 Å². The van der Waals surface area contributed by atoms with E-state index in [1.165, 1.54) is 13.0 Å². The Hall–Kier alpha value is -2.84. The molecule has 8 nitrogen and oxygen atoms in total. The molecule has 0 spiro atoms. The maximum absolute atomic E-state index is 12.1. The number of aryl methyl sites for hydroxylation is 1. The third-order valence-electron chi connectivity index (χ3n) is 4.55. The van der Waals surface area contributed by atoms with Gasteiger partial charge in [-0.25, -0.2) is 14.3 Å². The number of rotatable bonds is 7. The van der Waals surface area contributed by atoms with Crippen molar-refractivity contribution in [1.29, 1.82) is 0 Å². The van der Waals surface area contributed by atoms with Crippen molar-refractivity contribution in [2.45, 2.75) is 45.4 Å². The molecule has 1 aromatic carbocycles. The number of esters is 1. The van der Waals surface area contributed by atoms with E-state index >= 15 is 0 Å². The largest absolute Gasteiger partial charge is 0.449 e. The molecule has 164 valence electrons. The Morgan fingerprint density at radius 1 is 1.26 bits per heavy atom. The molecule has 0 radical (unpaired) electrons. The molecule has 0 bridgehead atoms. The number of imide groups is 1. The second-order valence-corrected chi connectivity index (χ2v) is 8.02. The third kappa shape index (κ3) is 6.57. The third-order valence-corrected chi connectivity index (χ3v) is 5.20. The molecule has 10 heteroatoms. The van der Waals surface area contributed by atoms with Crippen molar-refractivity contribution in [2.24, 2.45) is 0 Å². The number of nitrogens with zero attached hydrogens (tertiary/aromatic N) is 2. The van der Waals surface area contributed by atoms with Gasteiger partial charge >= 0.3 is 12.0 Å². The number of urea groups is 1. The molecule has 3 amide bonds. The zero-order valence-electron chi connectivity index (χ0n) is 17.0. The van der Waals surface area contributed by atoms with E-state index in [0.29, 0.717) is 28.0 Å². The van der Waals surface area contributed by atoms with Crippen molar-refractivity contribution in [3.05, 3.63) is 57.3 Å². The van der Waals surface area contributed by atoms with Crippen LogP contribution in [0.4, 0.5) is 4.79 Å². The fourth-order valence-electron chi connectivity index (χ4n) is 2.71. The first-order valence-corrected chi connectivity index (χ1v) is 10.5. The van der Waals surface area contributed by atoms with Crippen LogP contribution in [0.5, 0.6) is 0 Å². The molecule has 0 saturated heterocycles. The molecule has 2 N–H and O–H groups in total. The average molecular weight is 465 g/mol. The van der Waals surface area contributed by atoms with Crippen molar-refractivity contribution in [3.63, 3.8) is 0 Å². The van der Waals surface area contributed by atoms with Crippen LogP contribution in [0.1, 0.15) is 36.6 Å². The summed E-state index contributed by atoms with van der Waals surface area (Å²) in [7, 11) is 0. The highest BCUT2D eigenvalue weighted by atomic mass is 35.5. The van der Waals surface area contributed by atoms with Gasteiger partial charge in [-0.05, 0) is 50.5 Å². The molecule has 1 fully saturated rings. The van der Waals surface area contributed by atoms with E-state index in [2.05, 4.69) is 15.7 Å². The maximum Gasteiger partial charge on any atom is 0.331 e. The molecule has 1 aliphatic rings. The van der Waals surface area contributed by atoms with E-state index in [4.69, 9.17) is 27.9 Å². The van der Waals surface area contributed by atoms with E-state index in [1.807, 2.05) is 12.1 Å². The Labute approximate surface area is 189 Å². The number of amides is 3. The lowest BCUT2D eigenvalue weighted by Crippen LogP contribution is -2.45. The van der Waals surface area contributed by atoms with Gasteiger partial charge in [-0.2, -0.15) is 5.10 Å². The van der Waals surface area contributed by atoms with Crippen LogP contribution in [0.25, 0.3) is 6.08 Å². The van der Waals surface area contributed by atoms with Gasteiger partial charge in [0.1, 0.15) is 5.15 Å². The monoisotopic (exact) mass is 464 g/mol. The van der Waals surface area contributed by atoms with E-state index in [0.717, 1.165) is 24.5 Å². The number of carbonyl (C=O) groups is 3. The number of hydrogen-bond donors (Lipinski definition) is 2. The lowest BCUT2D eigenvalue weighted by atomic mass is 10.2. The number of carbonyl (C=O) groups excluding carboxylic acids is 3. The standard InChI is InChI=1S/C21H22Cl2N4O4/c1-12-17(19(23)27(26-12)11-14-3-5-15(22)6-4-14)9-10-18(28)31-13(2)20(29)25-21(30)24-16-7-8-16/h3-6,9-10,13,16H,7-8,11H2,1-2H3,(H2,24,25,29,30)/b10-9+. The normalized spacial score (nSPS) is 14.3. The van der Waals surface area contributed by atoms with Crippen molar-refractivity contribution in [3.8, 4) is 0 Å². The number of ether oxygens (including phenoxy) is 1. The van der Waals surface area contributed by atoms with Crippen LogP contribution < -0.4 is 10.6 Å². The highest BCUT2D eigenvalue weighted by molar-refractivity contribution is 6.31. The Kier molecular flexibility index (Phi) is 7.35. The molecule has 1 aliphatic carbocycles. The van der Waals surface area contributed by atoms with Crippen LogP contribution in [0, 0.1) is 6.92 Å². The summed E-state index contributed by atoms with van der Waals surface area (Å²) in [6, 6.07) is 6.83. The van der Waals surface area contributed by atoms with Gasteiger partial charge in [-0.3, -0.25) is 10.1 Å². The summed E-state index contributed by atoms with van der Waals surface area (Å²) >= 11 is 12.3. The average Bonchev–Trinajstić information content (AvgIpc) is 3.48. The molecule has 2 aromatic rings. The summed E-state index contributed by atoms with van der Waals surface area (Å²) in [5, 5.41) is 10.2. The van der Waals surface area contributed by atoms with Crippen molar-refractivity contribution in [2.75, 3.05) is 0 Å². The first kappa shape index (κ1) is 22.8. The Balaban J connectivity index is 1.56. The summed E-state index contributed by atoms with van der Waals surface area (Å²) in [5.74, 6) is -1.45. The van der Waals surface area contributed by atoms with Gasteiger partial charge in [-0.1, -0.05) is 35.3 Å². The minimum absolute atomic E-state index is 0.113. The lowest BCUT2D eigenvalue weighted by Gasteiger charge is -2.11. The van der Waals surface area contributed by atoms with Crippen LogP contribution in [-0.4, -0.2) is 39.8 Å². The van der Waals surface area contributed by atoms with E-state index in [1.54, 1.807) is 23.7 Å². The van der Waals surface area contributed by atoms with E-state index < -0.39 is 24.0 Å². The molecule has 1 heterocycles. The molecule has 3 rings (SSSR count). The first-order valence-electron chi connectivity index (χ1n) is 9.70. The second kappa shape index (κ2) is 9.98. The van der Waals surface area contributed by atoms with Crippen molar-refractivity contribution < 1.29 is 19.1 Å². The van der Waals surface area contributed by atoms with Gasteiger partial charge in [0.05, 0.1) is 12.2 Å². The van der Waals surface area contributed by atoms with Crippen molar-refractivity contribution in [1.82, 2.24) is 20.4 Å². The van der Waals surface area contributed by atoms with Gasteiger partial charge in [0.2, 0.25) is 0 Å². The fourth-order valence-corrected chi connectivity index (χ4v) is 3.13. The molecule has 0 aliphatic heterocycles. The van der Waals surface area contributed by atoms with Gasteiger partial charge in [-0.15, -0.1) is 0 Å². The minimum atomic E-state index is -1.13. The minimum Gasteiger partial charge on any atom is -0.449 e. The maximum atomic E-state index is 12.1. The summed E-state index contributed by atoms with van der Waals surface area (Å²) < 4.78 is 6.66. The SMILES string of the molecule is Cc1nn(Cc2ccc(Cl)cc2)c(Cl)c1/C=C/C(=O)OC(C)C(=O)NC(=O)NC1CC1. The topological polar surface area (TPSA) is 102 Å². The molecule has 1 aromatic heterocycles. The number of halogens is 2. The molecule has 1 saturated carbocycles. The summed E-state index contributed by atoms with van der Waals surface area (Å²) in [6.07, 6.45) is 3.31. The number of hydrogen-bond acceptors (Lipinski definition) is 5. The van der Waals surface area contributed by atoms with Gasteiger partial charge < -0.3 is 10.1 Å². The Morgan fingerprint density at radius 2 is 1.94 bits per heavy atom. The molecular weight excluding hydrogens is 443 g/mol. The van der Waals surface area contributed by atoms with Crippen LogP contribution in [0.15, 0.2) is 30.3 Å². The van der Waals surface area contributed by atoms with E-state index in [9.17, 15) is 14.4 Å². The zero-order valence-corrected chi connectivity index (χ0v) is 18.5. The van der Waals surface area contributed by atoms with Crippen LogP contribution in [0.3, 0.4) is 0 Å². The van der Waals surface area contributed by atoms with Gasteiger partial charge in [0.15, 0.2) is 6.10 Å². The Morgan fingerprint density at radius 3 is 2.58 bits per heavy atom. The number of aromatic nitrogens is 2. The molecule has 1 unspecified atom stereocenters. The van der Waals surface area contributed by atoms with Crippen molar-refractivity contribution >= 4 is 47.2 Å². The van der Waals surface area contributed by atoms with E-state index in [-0.39, 0.29) is 6.04 Å². The smallest absolute Gasteiger partial charge is 0.331 e. The Bertz CT molecular complexity index is 1010.